The number of rotatable bonds is 9. The molecule has 8 heteroatoms. The lowest BCUT2D eigenvalue weighted by atomic mass is 10.0. The number of amides is 1. The molecule has 1 atom stereocenters. The van der Waals surface area contributed by atoms with Gasteiger partial charge in [0.05, 0.1) is 10.8 Å². The van der Waals surface area contributed by atoms with Crippen molar-refractivity contribution in [1.29, 1.82) is 0 Å². The van der Waals surface area contributed by atoms with Crippen molar-refractivity contribution in [3.8, 4) is 0 Å². The van der Waals surface area contributed by atoms with Gasteiger partial charge in [-0.2, -0.15) is 0 Å². The first kappa shape index (κ1) is 17.7. The van der Waals surface area contributed by atoms with Crippen molar-refractivity contribution in [3.05, 3.63) is 33.9 Å². The molecule has 1 unspecified atom stereocenters. The molecule has 2 rings (SSSR count). The molecule has 24 heavy (non-hydrogen) atoms. The molecule has 0 aromatic heterocycles. The van der Waals surface area contributed by atoms with Crippen LogP contribution in [-0.2, 0) is 4.79 Å². The van der Waals surface area contributed by atoms with Gasteiger partial charge >= 0.3 is 5.97 Å². The number of nitro benzene ring substituents is 1. The molecule has 0 radical (unpaired) electrons. The van der Waals surface area contributed by atoms with Crippen molar-refractivity contribution in [1.82, 2.24) is 5.32 Å². The lowest BCUT2D eigenvalue weighted by Gasteiger charge is -2.13. The van der Waals surface area contributed by atoms with Crippen molar-refractivity contribution in [3.63, 3.8) is 0 Å². The molecule has 1 aromatic carbocycles. The third kappa shape index (κ3) is 4.68. The van der Waals surface area contributed by atoms with Gasteiger partial charge in [0, 0.05) is 24.2 Å². The fourth-order valence-corrected chi connectivity index (χ4v) is 2.37. The Bertz CT molecular complexity index is 643. The minimum atomic E-state index is -0.966. The van der Waals surface area contributed by atoms with Gasteiger partial charge in [-0.05, 0) is 31.4 Å². The van der Waals surface area contributed by atoms with E-state index in [1.165, 1.54) is 18.2 Å². The average molecular weight is 335 g/mol. The zero-order valence-electron chi connectivity index (χ0n) is 13.4. The number of nitrogens with zero attached hydrogens (tertiary/aromatic N) is 1. The first-order valence-corrected chi connectivity index (χ1v) is 7.98. The summed E-state index contributed by atoms with van der Waals surface area (Å²) in [7, 11) is 0. The van der Waals surface area contributed by atoms with Crippen LogP contribution < -0.4 is 10.6 Å². The highest BCUT2D eigenvalue weighted by Crippen LogP contribution is 2.31. The van der Waals surface area contributed by atoms with Gasteiger partial charge < -0.3 is 15.7 Å². The highest BCUT2D eigenvalue weighted by atomic mass is 16.6. The molecule has 3 N–H and O–H groups in total. The van der Waals surface area contributed by atoms with Crippen LogP contribution in [0.1, 0.15) is 43.0 Å². The molecule has 1 amide bonds. The Morgan fingerprint density at radius 2 is 2.12 bits per heavy atom. The average Bonchev–Trinajstić information content (AvgIpc) is 3.35. The van der Waals surface area contributed by atoms with Crippen LogP contribution in [0.15, 0.2) is 18.2 Å². The highest BCUT2D eigenvalue weighted by Gasteiger charge is 2.26. The molecule has 0 saturated heterocycles. The van der Waals surface area contributed by atoms with E-state index in [-0.39, 0.29) is 23.8 Å². The van der Waals surface area contributed by atoms with Gasteiger partial charge in [-0.25, -0.2) is 0 Å². The SMILES string of the molecule is CCCC(CNC(=O)c1ccc(NC2CC2)c([N+](=O)[O-])c1)C(=O)O. The van der Waals surface area contributed by atoms with Crippen molar-refractivity contribution in [2.75, 3.05) is 11.9 Å². The Kier molecular flexibility index (Phi) is 5.73. The maximum Gasteiger partial charge on any atom is 0.308 e. The number of benzene rings is 1. The topological polar surface area (TPSA) is 122 Å². The van der Waals surface area contributed by atoms with Gasteiger partial charge in [-0.1, -0.05) is 13.3 Å². The first-order valence-electron chi connectivity index (χ1n) is 7.98. The van der Waals surface area contributed by atoms with E-state index >= 15 is 0 Å². The van der Waals surface area contributed by atoms with E-state index in [1.807, 2.05) is 6.92 Å². The quantitative estimate of drug-likeness (QED) is 0.470. The molecule has 1 aromatic rings. The van der Waals surface area contributed by atoms with Crippen LogP contribution in [0.4, 0.5) is 11.4 Å². The van der Waals surface area contributed by atoms with E-state index in [1.54, 1.807) is 0 Å². The Balaban J connectivity index is 2.06. The number of carboxylic acids is 1. The lowest BCUT2D eigenvalue weighted by Crippen LogP contribution is -2.33. The second-order valence-corrected chi connectivity index (χ2v) is 5.94. The fraction of sp³-hybridized carbons (Fsp3) is 0.500. The Labute approximate surface area is 139 Å². The number of carbonyl (C=O) groups is 2. The number of nitro groups is 1. The summed E-state index contributed by atoms with van der Waals surface area (Å²) in [6.07, 6.45) is 3.11. The van der Waals surface area contributed by atoms with E-state index in [0.29, 0.717) is 18.5 Å². The zero-order chi connectivity index (χ0) is 17.7. The van der Waals surface area contributed by atoms with Crippen molar-refractivity contribution < 1.29 is 19.6 Å². The molecule has 0 bridgehead atoms. The van der Waals surface area contributed by atoms with Crippen molar-refractivity contribution in [2.45, 2.75) is 38.6 Å². The monoisotopic (exact) mass is 335 g/mol. The molecule has 8 nitrogen and oxygen atoms in total. The fourth-order valence-electron chi connectivity index (χ4n) is 2.37. The van der Waals surface area contributed by atoms with Crippen molar-refractivity contribution >= 4 is 23.3 Å². The van der Waals surface area contributed by atoms with Gasteiger partial charge in [0.15, 0.2) is 0 Å². The van der Waals surface area contributed by atoms with Crippen LogP contribution in [0.5, 0.6) is 0 Å². The Morgan fingerprint density at radius 3 is 2.67 bits per heavy atom. The lowest BCUT2D eigenvalue weighted by molar-refractivity contribution is -0.384. The smallest absolute Gasteiger partial charge is 0.308 e. The maximum absolute atomic E-state index is 12.1. The van der Waals surface area contributed by atoms with Gasteiger partial charge in [0.2, 0.25) is 0 Å². The van der Waals surface area contributed by atoms with Crippen LogP contribution in [0.2, 0.25) is 0 Å². The Morgan fingerprint density at radius 1 is 1.42 bits per heavy atom. The summed E-state index contributed by atoms with van der Waals surface area (Å²) in [6, 6.07) is 4.50. The summed E-state index contributed by atoms with van der Waals surface area (Å²) >= 11 is 0. The van der Waals surface area contributed by atoms with Gasteiger partial charge in [0.1, 0.15) is 5.69 Å². The molecule has 0 spiro atoms. The predicted molar refractivity (Wildman–Crippen MR) is 88.1 cm³/mol. The molecule has 0 aliphatic heterocycles. The second-order valence-electron chi connectivity index (χ2n) is 5.94. The normalized spacial score (nSPS) is 14.7. The summed E-state index contributed by atoms with van der Waals surface area (Å²) < 4.78 is 0. The van der Waals surface area contributed by atoms with Crippen LogP contribution in [0, 0.1) is 16.0 Å². The first-order chi connectivity index (χ1) is 11.4. The third-order valence-corrected chi connectivity index (χ3v) is 3.89. The predicted octanol–water partition coefficient (Wildman–Crippen LogP) is 2.40. The van der Waals surface area contributed by atoms with Crippen molar-refractivity contribution in [2.24, 2.45) is 5.92 Å². The number of carbonyl (C=O) groups excluding carboxylic acids is 1. The minimum Gasteiger partial charge on any atom is -0.481 e. The summed E-state index contributed by atoms with van der Waals surface area (Å²) in [5, 5.41) is 25.9. The standard InChI is InChI=1S/C16H21N3O5/c1-2-3-11(16(21)22)9-17-15(20)10-4-7-13(18-12-5-6-12)14(8-10)19(23)24/h4,7-8,11-12,18H,2-3,5-6,9H2,1H3,(H,17,20)(H,21,22). The van der Waals surface area contributed by atoms with Gasteiger partial charge in [0.25, 0.3) is 11.6 Å². The van der Waals surface area contributed by atoms with Gasteiger partial charge in [-0.3, -0.25) is 19.7 Å². The van der Waals surface area contributed by atoms with E-state index in [2.05, 4.69) is 10.6 Å². The number of aliphatic carboxylic acids is 1. The molecule has 0 heterocycles. The number of hydrogen-bond donors (Lipinski definition) is 3. The molecule has 130 valence electrons. The van der Waals surface area contributed by atoms with E-state index in [9.17, 15) is 19.7 Å². The summed E-state index contributed by atoms with van der Waals surface area (Å²) in [5.41, 5.74) is 0.384. The number of anilines is 1. The zero-order valence-corrected chi connectivity index (χ0v) is 13.4. The summed E-state index contributed by atoms with van der Waals surface area (Å²) in [5.74, 6) is -2.14. The molecule has 1 aliphatic rings. The summed E-state index contributed by atoms with van der Waals surface area (Å²) in [6.45, 7) is 1.87. The number of carboxylic acid groups (broad SMARTS) is 1. The van der Waals surface area contributed by atoms with E-state index < -0.39 is 22.7 Å². The largest absolute Gasteiger partial charge is 0.481 e. The highest BCUT2D eigenvalue weighted by molar-refractivity contribution is 5.96. The molecular weight excluding hydrogens is 314 g/mol. The van der Waals surface area contributed by atoms with Crippen LogP contribution in [0.3, 0.4) is 0 Å². The molecule has 1 aliphatic carbocycles. The van der Waals surface area contributed by atoms with Crippen LogP contribution >= 0.6 is 0 Å². The summed E-state index contributed by atoms with van der Waals surface area (Å²) in [4.78, 5) is 33.9. The van der Waals surface area contributed by atoms with E-state index in [0.717, 1.165) is 12.8 Å². The molecule has 1 saturated carbocycles. The van der Waals surface area contributed by atoms with Crippen LogP contribution in [0.25, 0.3) is 0 Å². The molecular formula is C16H21N3O5. The van der Waals surface area contributed by atoms with Gasteiger partial charge in [-0.15, -0.1) is 0 Å². The Hall–Kier alpha value is -2.64. The maximum atomic E-state index is 12.1. The number of nitrogens with one attached hydrogen (secondary N) is 2. The minimum absolute atomic E-state index is 0.00210. The van der Waals surface area contributed by atoms with Crippen LogP contribution in [-0.4, -0.2) is 34.5 Å². The number of hydrogen-bond acceptors (Lipinski definition) is 5. The molecule has 1 fully saturated rings. The van der Waals surface area contributed by atoms with E-state index in [4.69, 9.17) is 5.11 Å². The second kappa shape index (κ2) is 7.76. The third-order valence-electron chi connectivity index (χ3n) is 3.89.